The van der Waals surface area contributed by atoms with E-state index >= 15 is 0 Å². The summed E-state index contributed by atoms with van der Waals surface area (Å²) >= 11 is 0. The number of hydrogen-bond donors (Lipinski definition) is 5. The maximum atomic E-state index is 12.5. The Hall–Kier alpha value is -2.58. The lowest BCUT2D eigenvalue weighted by Gasteiger charge is -2.21. The molecule has 44 heavy (non-hydrogen) atoms. The maximum absolute atomic E-state index is 12.5. The highest BCUT2D eigenvalue weighted by Crippen LogP contribution is 2.30. The van der Waals surface area contributed by atoms with Crippen molar-refractivity contribution in [3.05, 3.63) is 71.8 Å². The number of ketones is 1. The highest BCUT2D eigenvalue weighted by Gasteiger charge is 2.38. The summed E-state index contributed by atoms with van der Waals surface area (Å²) in [6.45, 7) is 17.4. The second-order valence-electron chi connectivity index (χ2n) is 13.6. The Morgan fingerprint density at radius 3 is 1.59 bits per heavy atom. The van der Waals surface area contributed by atoms with Gasteiger partial charge in [-0.2, -0.15) is 0 Å². The molecule has 0 aromatic heterocycles. The van der Waals surface area contributed by atoms with Crippen molar-refractivity contribution in [1.29, 1.82) is 0 Å². The molecule has 4 rings (SSSR count). The van der Waals surface area contributed by atoms with Gasteiger partial charge in [0.25, 0.3) is 0 Å². The molecule has 2 heterocycles. The number of rotatable bonds is 18. The SMILES string of the molecule is CCC(=O)[C@H](CC(C)C)NCC1NC1c1ccccc1.CCC(C)CNC(=O)[C@H](CC(C)C)NCC1NC1c1ccccc1. The predicted molar refractivity (Wildman–Crippen MR) is 182 cm³/mol. The van der Waals surface area contributed by atoms with Gasteiger partial charge >= 0.3 is 0 Å². The van der Waals surface area contributed by atoms with E-state index in [1.807, 2.05) is 19.1 Å². The minimum Gasteiger partial charge on any atom is -0.354 e. The first-order chi connectivity index (χ1) is 21.1. The van der Waals surface area contributed by atoms with Crippen LogP contribution in [-0.4, -0.2) is 55.5 Å². The van der Waals surface area contributed by atoms with Crippen LogP contribution >= 0.6 is 0 Å². The summed E-state index contributed by atoms with van der Waals surface area (Å²) in [5.74, 6) is 2.03. The van der Waals surface area contributed by atoms with Crippen molar-refractivity contribution in [2.75, 3.05) is 19.6 Å². The summed E-state index contributed by atoms with van der Waals surface area (Å²) in [6, 6.07) is 22.6. The topological polar surface area (TPSA) is 114 Å². The molecule has 7 heteroatoms. The zero-order chi connectivity index (χ0) is 32.1. The minimum absolute atomic E-state index is 0.0128. The summed E-state index contributed by atoms with van der Waals surface area (Å²) in [5, 5.41) is 17.0. The fourth-order valence-corrected chi connectivity index (χ4v) is 5.56. The van der Waals surface area contributed by atoms with E-state index < -0.39 is 0 Å². The fourth-order valence-electron chi connectivity index (χ4n) is 5.56. The van der Waals surface area contributed by atoms with E-state index in [-0.39, 0.29) is 18.0 Å². The molecule has 2 saturated heterocycles. The van der Waals surface area contributed by atoms with Crippen LogP contribution < -0.4 is 26.6 Å². The van der Waals surface area contributed by atoms with Gasteiger partial charge in [0.2, 0.25) is 5.91 Å². The predicted octanol–water partition coefficient (Wildman–Crippen LogP) is 5.55. The van der Waals surface area contributed by atoms with Crippen LogP contribution in [0.15, 0.2) is 60.7 Å². The molecule has 7 nitrogen and oxygen atoms in total. The molecule has 2 aliphatic heterocycles. The zero-order valence-corrected chi connectivity index (χ0v) is 28.2. The third-order valence-corrected chi connectivity index (χ3v) is 8.65. The molecule has 244 valence electrons. The van der Waals surface area contributed by atoms with E-state index in [0.717, 1.165) is 38.9 Å². The van der Waals surface area contributed by atoms with Crippen LogP contribution in [0.1, 0.15) is 97.4 Å². The summed E-state index contributed by atoms with van der Waals surface area (Å²) in [5.41, 5.74) is 2.66. The number of carbonyl (C=O) groups is 2. The van der Waals surface area contributed by atoms with Gasteiger partial charge in [-0.3, -0.25) is 9.59 Å². The molecule has 0 radical (unpaired) electrons. The van der Waals surface area contributed by atoms with Crippen LogP contribution in [0, 0.1) is 17.8 Å². The average Bonchev–Trinajstić information content (AvgIpc) is 3.96. The Balaban J connectivity index is 0.000000244. The first-order valence-electron chi connectivity index (χ1n) is 17.0. The zero-order valence-electron chi connectivity index (χ0n) is 28.2. The van der Waals surface area contributed by atoms with Gasteiger partial charge in [0, 0.05) is 50.2 Å². The second kappa shape index (κ2) is 18.4. The van der Waals surface area contributed by atoms with Crippen LogP contribution in [-0.2, 0) is 9.59 Å². The van der Waals surface area contributed by atoms with Crippen LogP contribution in [0.25, 0.3) is 0 Å². The normalized spacial score (nSPS) is 22.5. The Bertz CT molecular complexity index is 1110. The molecule has 0 spiro atoms. The summed E-state index contributed by atoms with van der Waals surface area (Å²) < 4.78 is 0. The number of amides is 1. The fraction of sp³-hybridized carbons (Fsp3) is 0.622. The quantitative estimate of drug-likeness (QED) is 0.142. The summed E-state index contributed by atoms with van der Waals surface area (Å²) in [4.78, 5) is 24.4. The van der Waals surface area contributed by atoms with E-state index in [1.165, 1.54) is 11.1 Å². The summed E-state index contributed by atoms with van der Waals surface area (Å²) in [6.07, 6.45) is 3.50. The number of benzene rings is 2. The highest BCUT2D eigenvalue weighted by molar-refractivity contribution is 5.83. The number of nitrogens with one attached hydrogen (secondary N) is 5. The van der Waals surface area contributed by atoms with Gasteiger partial charge in [0.05, 0.1) is 12.1 Å². The van der Waals surface area contributed by atoms with Crippen molar-refractivity contribution in [1.82, 2.24) is 26.6 Å². The minimum atomic E-state index is -0.104. The molecule has 7 atom stereocenters. The van der Waals surface area contributed by atoms with Gasteiger partial charge in [0.15, 0.2) is 0 Å². The largest absolute Gasteiger partial charge is 0.354 e. The van der Waals surface area contributed by atoms with Crippen LogP contribution in [0.5, 0.6) is 0 Å². The Labute approximate surface area is 267 Å². The Morgan fingerprint density at radius 1 is 0.705 bits per heavy atom. The molecule has 2 aromatic carbocycles. The van der Waals surface area contributed by atoms with Gasteiger partial charge in [-0.15, -0.1) is 0 Å². The van der Waals surface area contributed by atoms with E-state index in [4.69, 9.17) is 0 Å². The van der Waals surface area contributed by atoms with Crippen molar-refractivity contribution in [3.63, 3.8) is 0 Å². The van der Waals surface area contributed by atoms with Gasteiger partial charge in [-0.25, -0.2) is 0 Å². The highest BCUT2D eigenvalue weighted by atomic mass is 16.2. The van der Waals surface area contributed by atoms with E-state index in [0.29, 0.717) is 54.1 Å². The van der Waals surface area contributed by atoms with Crippen LogP contribution in [0.2, 0.25) is 0 Å². The number of hydrogen-bond acceptors (Lipinski definition) is 6. The van der Waals surface area contributed by atoms with Gasteiger partial charge in [0.1, 0.15) is 5.78 Å². The van der Waals surface area contributed by atoms with Crippen molar-refractivity contribution in [2.24, 2.45) is 17.8 Å². The Morgan fingerprint density at radius 2 is 1.16 bits per heavy atom. The lowest BCUT2D eigenvalue weighted by Crippen LogP contribution is -2.47. The van der Waals surface area contributed by atoms with Gasteiger partial charge < -0.3 is 26.6 Å². The number of Topliss-reactive ketones (excluding diaryl/α,β-unsaturated/α-hetero) is 1. The smallest absolute Gasteiger partial charge is 0.237 e. The molecule has 5 unspecified atom stereocenters. The molecule has 2 aliphatic rings. The van der Waals surface area contributed by atoms with E-state index in [9.17, 15) is 9.59 Å². The first-order valence-corrected chi connectivity index (χ1v) is 17.0. The first kappa shape index (κ1) is 35.9. The van der Waals surface area contributed by atoms with Crippen molar-refractivity contribution >= 4 is 11.7 Å². The van der Waals surface area contributed by atoms with Crippen molar-refractivity contribution in [2.45, 2.75) is 110 Å². The molecule has 5 N–H and O–H groups in total. The third kappa shape index (κ3) is 12.4. The molecule has 0 aliphatic carbocycles. The van der Waals surface area contributed by atoms with Gasteiger partial charge in [-0.1, -0.05) is 116 Å². The van der Waals surface area contributed by atoms with Crippen LogP contribution in [0.4, 0.5) is 0 Å². The lowest BCUT2D eigenvalue weighted by molar-refractivity contribution is -0.123. The number of carbonyl (C=O) groups excluding carboxylic acids is 2. The monoisotopic (exact) mass is 605 g/mol. The lowest BCUT2D eigenvalue weighted by atomic mass is 9.98. The summed E-state index contributed by atoms with van der Waals surface area (Å²) in [7, 11) is 0. The third-order valence-electron chi connectivity index (χ3n) is 8.65. The molecule has 2 fully saturated rings. The van der Waals surface area contributed by atoms with E-state index in [1.54, 1.807) is 0 Å². The standard InChI is InChI=1S/C20H33N3O.C17H26N2O/c1-5-15(4)12-22-20(24)17(11-14(2)3)21-13-18-19(23-18)16-9-7-6-8-10-16;1-4-16(20)14(10-12(2)3)18-11-15-17(19-15)13-8-6-5-7-9-13/h6-10,14-15,17-19,21,23H,5,11-13H2,1-4H3,(H,22,24);5-9,12,14-15,17-19H,4,10-11H2,1-3H3/t15?,17-,18?,19?;14-,15?,17?/m00/s1. The molecule has 0 bridgehead atoms. The average molecular weight is 606 g/mol. The van der Waals surface area contributed by atoms with Crippen molar-refractivity contribution in [3.8, 4) is 0 Å². The maximum Gasteiger partial charge on any atom is 0.237 e. The molecular weight excluding hydrogens is 546 g/mol. The van der Waals surface area contributed by atoms with Crippen LogP contribution in [0.3, 0.4) is 0 Å². The molecule has 0 saturated carbocycles. The van der Waals surface area contributed by atoms with E-state index in [2.05, 4.69) is 117 Å². The second-order valence-corrected chi connectivity index (χ2v) is 13.6. The Kier molecular flexibility index (Phi) is 15.0. The van der Waals surface area contributed by atoms with Crippen molar-refractivity contribution < 1.29 is 9.59 Å². The molecule has 1 amide bonds. The molecule has 2 aromatic rings. The molecular formula is C37H59N5O2. The van der Waals surface area contributed by atoms with Gasteiger partial charge in [-0.05, 0) is 41.7 Å².